The minimum Gasteiger partial charge on any atom is -0.462 e. The SMILES string of the molecule is CCOC(=O)c1cccc(-c2nc3n(c2-c2ccc(C4(N)CCC4)cc2)-c2cccnc2Nc2ccccc2-3)c1. The van der Waals surface area contributed by atoms with Gasteiger partial charge in [-0.3, -0.25) is 4.57 Å². The second-order valence-electron chi connectivity index (χ2n) is 10.4. The van der Waals surface area contributed by atoms with Gasteiger partial charge in [0, 0.05) is 28.4 Å². The lowest BCUT2D eigenvalue weighted by atomic mass is 9.72. The van der Waals surface area contributed by atoms with Crippen LogP contribution in [-0.4, -0.2) is 27.1 Å². The molecule has 7 nitrogen and oxygen atoms in total. The number of rotatable bonds is 5. The number of nitrogens with two attached hydrogens (primary N) is 1. The lowest BCUT2D eigenvalue weighted by molar-refractivity contribution is 0.0526. The van der Waals surface area contributed by atoms with E-state index in [4.69, 9.17) is 15.5 Å². The highest BCUT2D eigenvalue weighted by atomic mass is 16.5. The number of aromatic nitrogens is 3. The quantitative estimate of drug-likeness (QED) is 0.238. The molecular formula is C33H29N5O2. The van der Waals surface area contributed by atoms with Gasteiger partial charge in [0.05, 0.1) is 34.9 Å². The molecule has 2 aromatic heterocycles. The van der Waals surface area contributed by atoms with Crippen molar-refractivity contribution in [2.24, 2.45) is 5.73 Å². The summed E-state index contributed by atoms with van der Waals surface area (Å²) in [6, 6.07) is 28.1. The summed E-state index contributed by atoms with van der Waals surface area (Å²) in [5, 5.41) is 3.51. The number of anilines is 2. The molecule has 1 saturated carbocycles. The van der Waals surface area contributed by atoms with Gasteiger partial charge in [0.1, 0.15) is 5.82 Å². The summed E-state index contributed by atoms with van der Waals surface area (Å²) in [6.45, 7) is 2.12. The minimum absolute atomic E-state index is 0.247. The Bertz CT molecular complexity index is 1750. The van der Waals surface area contributed by atoms with E-state index in [9.17, 15) is 4.79 Å². The number of nitrogens with zero attached hydrogens (tertiary/aromatic N) is 3. The van der Waals surface area contributed by atoms with Crippen LogP contribution in [0.1, 0.15) is 42.1 Å². The number of pyridine rings is 1. The first kappa shape index (κ1) is 24.3. The molecule has 0 amide bonds. The predicted molar refractivity (Wildman–Crippen MR) is 157 cm³/mol. The fraction of sp³-hybridized carbons (Fsp3) is 0.182. The van der Waals surface area contributed by atoms with Crippen LogP contribution in [-0.2, 0) is 10.3 Å². The number of carbonyl (C=O) groups excluding carboxylic acids is 1. The monoisotopic (exact) mass is 527 g/mol. The first-order chi connectivity index (χ1) is 19.6. The number of ether oxygens (including phenoxy) is 1. The Morgan fingerprint density at radius 1 is 1.00 bits per heavy atom. The van der Waals surface area contributed by atoms with Crippen LogP contribution in [0.4, 0.5) is 11.5 Å². The average molecular weight is 528 g/mol. The molecule has 2 aliphatic rings. The number of nitrogens with one attached hydrogen (secondary N) is 1. The van der Waals surface area contributed by atoms with Crippen molar-refractivity contribution in [3.8, 4) is 39.6 Å². The molecule has 3 N–H and O–H groups in total. The summed E-state index contributed by atoms with van der Waals surface area (Å²) in [6.07, 6.45) is 4.95. The van der Waals surface area contributed by atoms with Gasteiger partial charge in [0.2, 0.25) is 0 Å². The van der Waals surface area contributed by atoms with E-state index >= 15 is 0 Å². The van der Waals surface area contributed by atoms with Gasteiger partial charge in [-0.05, 0) is 68.1 Å². The average Bonchev–Trinajstić information content (AvgIpc) is 3.31. The summed E-state index contributed by atoms with van der Waals surface area (Å²) in [7, 11) is 0. The molecule has 7 rings (SSSR count). The number of carbonyl (C=O) groups is 1. The zero-order valence-electron chi connectivity index (χ0n) is 22.2. The maximum atomic E-state index is 12.6. The van der Waals surface area contributed by atoms with E-state index in [0.717, 1.165) is 75.9 Å². The van der Waals surface area contributed by atoms with Gasteiger partial charge in [0.25, 0.3) is 0 Å². The highest BCUT2D eigenvalue weighted by molar-refractivity contribution is 5.94. The third-order valence-corrected chi connectivity index (χ3v) is 7.95. The molecule has 0 radical (unpaired) electrons. The van der Waals surface area contributed by atoms with Crippen LogP contribution >= 0.6 is 0 Å². The lowest BCUT2D eigenvalue weighted by Gasteiger charge is -2.38. The van der Waals surface area contributed by atoms with E-state index in [-0.39, 0.29) is 11.5 Å². The smallest absolute Gasteiger partial charge is 0.338 e. The van der Waals surface area contributed by atoms with E-state index < -0.39 is 0 Å². The van der Waals surface area contributed by atoms with E-state index in [0.29, 0.717) is 12.2 Å². The third-order valence-electron chi connectivity index (χ3n) is 7.95. The van der Waals surface area contributed by atoms with Crippen LogP contribution in [0.3, 0.4) is 0 Å². The van der Waals surface area contributed by atoms with Crippen LogP contribution in [0, 0.1) is 0 Å². The Labute approximate surface area is 232 Å². The lowest BCUT2D eigenvalue weighted by Crippen LogP contribution is -2.43. The van der Waals surface area contributed by atoms with Crippen molar-refractivity contribution in [3.63, 3.8) is 0 Å². The predicted octanol–water partition coefficient (Wildman–Crippen LogP) is 6.84. The fourth-order valence-corrected chi connectivity index (χ4v) is 5.71. The molecule has 1 aliphatic heterocycles. The number of hydrogen-bond acceptors (Lipinski definition) is 6. The fourth-order valence-electron chi connectivity index (χ4n) is 5.71. The van der Waals surface area contributed by atoms with Crippen molar-refractivity contribution in [1.29, 1.82) is 0 Å². The number of imidazole rings is 1. The molecule has 1 fully saturated rings. The third kappa shape index (κ3) is 3.89. The van der Waals surface area contributed by atoms with Crippen molar-refractivity contribution in [2.75, 3.05) is 11.9 Å². The highest BCUT2D eigenvalue weighted by Crippen LogP contribution is 2.45. The zero-order valence-corrected chi connectivity index (χ0v) is 22.2. The molecule has 7 heteroatoms. The summed E-state index contributed by atoms with van der Waals surface area (Å²) >= 11 is 0. The second kappa shape index (κ2) is 9.47. The Balaban J connectivity index is 1.50. The van der Waals surface area contributed by atoms with Gasteiger partial charge in [-0.2, -0.15) is 0 Å². The molecule has 40 heavy (non-hydrogen) atoms. The molecule has 0 atom stereocenters. The second-order valence-corrected chi connectivity index (χ2v) is 10.4. The number of hydrogen-bond donors (Lipinski definition) is 2. The van der Waals surface area contributed by atoms with Crippen LogP contribution in [0.25, 0.3) is 39.6 Å². The largest absolute Gasteiger partial charge is 0.462 e. The summed E-state index contributed by atoms with van der Waals surface area (Å²) in [4.78, 5) is 22.6. The number of para-hydroxylation sites is 1. The Hall–Kier alpha value is -4.75. The molecule has 0 bridgehead atoms. The Kier molecular flexibility index (Phi) is 5.75. The van der Waals surface area contributed by atoms with E-state index in [2.05, 4.69) is 45.2 Å². The Morgan fingerprint density at radius 2 is 1.82 bits per heavy atom. The maximum Gasteiger partial charge on any atom is 0.338 e. The molecule has 0 saturated heterocycles. The minimum atomic E-state index is -0.353. The van der Waals surface area contributed by atoms with E-state index in [1.54, 1.807) is 12.3 Å². The number of esters is 1. The number of fused-ring (bicyclic) bond motifs is 5. The topological polar surface area (TPSA) is 95.1 Å². The van der Waals surface area contributed by atoms with Gasteiger partial charge >= 0.3 is 5.97 Å². The van der Waals surface area contributed by atoms with Crippen LogP contribution in [0.15, 0.2) is 91.1 Å². The molecule has 0 unspecified atom stereocenters. The summed E-state index contributed by atoms with van der Waals surface area (Å²) < 4.78 is 7.46. The first-order valence-electron chi connectivity index (χ1n) is 13.7. The van der Waals surface area contributed by atoms with Gasteiger partial charge in [0.15, 0.2) is 5.82 Å². The van der Waals surface area contributed by atoms with Crippen molar-refractivity contribution >= 4 is 17.5 Å². The molecular weight excluding hydrogens is 498 g/mol. The van der Waals surface area contributed by atoms with Gasteiger partial charge in [-0.1, -0.05) is 48.5 Å². The zero-order chi connectivity index (χ0) is 27.3. The molecule has 198 valence electrons. The molecule has 3 heterocycles. The van der Waals surface area contributed by atoms with Gasteiger partial charge in [-0.15, -0.1) is 0 Å². The first-order valence-corrected chi connectivity index (χ1v) is 13.7. The summed E-state index contributed by atoms with van der Waals surface area (Å²) in [5.74, 6) is 1.18. The maximum absolute atomic E-state index is 12.6. The van der Waals surface area contributed by atoms with Crippen molar-refractivity contribution in [3.05, 3.63) is 102 Å². The van der Waals surface area contributed by atoms with Crippen molar-refractivity contribution < 1.29 is 9.53 Å². The molecule has 0 spiro atoms. The molecule has 1 aliphatic carbocycles. The van der Waals surface area contributed by atoms with E-state index in [1.807, 2.05) is 55.5 Å². The molecule has 3 aromatic carbocycles. The van der Waals surface area contributed by atoms with Crippen LogP contribution < -0.4 is 11.1 Å². The van der Waals surface area contributed by atoms with Crippen LogP contribution in [0.5, 0.6) is 0 Å². The molecule has 5 aromatic rings. The summed E-state index contributed by atoms with van der Waals surface area (Å²) in [5.41, 5.74) is 14.3. The standard InChI is InChI=1S/C33H29N5O2/c1-2-40-32(39)23-9-5-8-22(20-23)28-29(21-13-15-24(16-14-21)33(34)17-7-18-33)38-27-12-6-19-35-30(27)36-26-11-4-3-10-25(26)31(38)37-28/h3-6,8-16,19-20H,2,7,17-18,34H2,1H3,(H,35,36). The number of benzene rings is 3. The van der Waals surface area contributed by atoms with Crippen molar-refractivity contribution in [1.82, 2.24) is 14.5 Å². The van der Waals surface area contributed by atoms with Gasteiger partial charge < -0.3 is 15.8 Å². The van der Waals surface area contributed by atoms with Gasteiger partial charge in [-0.25, -0.2) is 14.8 Å². The van der Waals surface area contributed by atoms with Crippen molar-refractivity contribution in [2.45, 2.75) is 31.7 Å². The van der Waals surface area contributed by atoms with Crippen LogP contribution in [0.2, 0.25) is 0 Å². The highest BCUT2D eigenvalue weighted by Gasteiger charge is 2.34. The van der Waals surface area contributed by atoms with E-state index in [1.165, 1.54) is 0 Å². The normalized spacial score (nSPS) is 14.6. The Morgan fingerprint density at radius 3 is 2.60 bits per heavy atom.